The van der Waals surface area contributed by atoms with Crippen molar-refractivity contribution in [1.29, 1.82) is 0 Å². The predicted octanol–water partition coefficient (Wildman–Crippen LogP) is 2.42. The van der Waals surface area contributed by atoms with Crippen LogP contribution in [0.2, 0.25) is 5.02 Å². The fourth-order valence-corrected chi connectivity index (χ4v) is 1.44. The van der Waals surface area contributed by atoms with Crippen LogP contribution in [0.5, 0.6) is 0 Å². The maximum atomic E-state index is 11.9. The van der Waals surface area contributed by atoms with Crippen molar-refractivity contribution in [1.82, 2.24) is 9.97 Å². The molecular formula is C12H11ClN4O. The Hall–Kier alpha value is -2.14. The van der Waals surface area contributed by atoms with Gasteiger partial charge in [0.1, 0.15) is 17.3 Å². The smallest absolute Gasteiger partial charge is 0.275 e. The van der Waals surface area contributed by atoms with E-state index in [1.54, 1.807) is 37.4 Å². The average molecular weight is 263 g/mol. The summed E-state index contributed by atoms with van der Waals surface area (Å²) in [4.78, 5) is 20.0. The summed E-state index contributed by atoms with van der Waals surface area (Å²) in [5, 5.41) is 6.02. The van der Waals surface area contributed by atoms with E-state index in [4.69, 9.17) is 11.6 Å². The van der Waals surface area contributed by atoms with Crippen molar-refractivity contribution in [3.8, 4) is 0 Å². The summed E-state index contributed by atoms with van der Waals surface area (Å²) >= 11 is 5.71. The van der Waals surface area contributed by atoms with Gasteiger partial charge in [-0.15, -0.1) is 0 Å². The molecule has 0 aliphatic heterocycles. The van der Waals surface area contributed by atoms with Crippen LogP contribution in [0, 0.1) is 0 Å². The minimum atomic E-state index is -0.318. The molecule has 2 rings (SSSR count). The number of nitrogens with one attached hydrogen (secondary N) is 2. The Labute approximate surface area is 109 Å². The van der Waals surface area contributed by atoms with Gasteiger partial charge in [-0.25, -0.2) is 9.97 Å². The van der Waals surface area contributed by atoms with Gasteiger partial charge in [-0.1, -0.05) is 17.7 Å². The highest BCUT2D eigenvalue weighted by Crippen LogP contribution is 2.11. The molecule has 0 unspecified atom stereocenters. The Bertz CT molecular complexity index is 556. The highest BCUT2D eigenvalue weighted by atomic mass is 35.5. The molecule has 0 aliphatic rings. The van der Waals surface area contributed by atoms with E-state index in [2.05, 4.69) is 20.6 Å². The number of pyridine rings is 2. The number of aromatic nitrogens is 2. The van der Waals surface area contributed by atoms with E-state index in [9.17, 15) is 4.79 Å². The van der Waals surface area contributed by atoms with Crippen LogP contribution in [0.15, 0.2) is 36.5 Å². The largest absolute Gasteiger partial charge is 0.373 e. The number of hydrogen-bond donors (Lipinski definition) is 2. The molecule has 0 bridgehead atoms. The van der Waals surface area contributed by atoms with Gasteiger partial charge in [-0.3, -0.25) is 4.79 Å². The molecule has 0 aliphatic carbocycles. The molecule has 0 atom stereocenters. The summed E-state index contributed by atoms with van der Waals surface area (Å²) in [5.74, 6) is 0.745. The monoisotopic (exact) mass is 262 g/mol. The minimum absolute atomic E-state index is 0.318. The molecule has 2 N–H and O–H groups in total. The summed E-state index contributed by atoms with van der Waals surface area (Å²) in [6, 6.07) is 8.44. The van der Waals surface area contributed by atoms with Crippen molar-refractivity contribution < 1.29 is 4.79 Å². The van der Waals surface area contributed by atoms with E-state index in [0.29, 0.717) is 22.4 Å². The molecule has 6 heteroatoms. The van der Waals surface area contributed by atoms with Crippen LogP contribution >= 0.6 is 11.6 Å². The summed E-state index contributed by atoms with van der Waals surface area (Å²) in [6.45, 7) is 0. The lowest BCUT2D eigenvalue weighted by molar-refractivity contribution is 0.102. The standard InChI is InChI=1S/C12H11ClN4O/c1-14-10-4-2-3-9(16-10)12(18)17-11-6-5-8(13)7-15-11/h2-7H,1H3,(H,14,16)(H,15,17,18). The van der Waals surface area contributed by atoms with Crippen LogP contribution in [0.4, 0.5) is 11.6 Å². The first-order valence-electron chi connectivity index (χ1n) is 5.27. The summed E-state index contributed by atoms with van der Waals surface area (Å²) in [7, 11) is 1.74. The third-order valence-corrected chi connectivity index (χ3v) is 2.43. The number of carbonyl (C=O) groups excluding carboxylic acids is 1. The van der Waals surface area contributed by atoms with Crippen LogP contribution in [0.1, 0.15) is 10.5 Å². The molecule has 0 aromatic carbocycles. The topological polar surface area (TPSA) is 66.9 Å². The first-order valence-corrected chi connectivity index (χ1v) is 5.64. The molecule has 2 heterocycles. The maximum Gasteiger partial charge on any atom is 0.275 e. The molecule has 0 saturated heterocycles. The van der Waals surface area contributed by atoms with Gasteiger partial charge in [-0.05, 0) is 24.3 Å². The summed E-state index contributed by atoms with van der Waals surface area (Å²) in [6.07, 6.45) is 1.47. The Kier molecular flexibility index (Phi) is 3.74. The Morgan fingerprint density at radius 3 is 2.72 bits per heavy atom. The zero-order chi connectivity index (χ0) is 13.0. The lowest BCUT2D eigenvalue weighted by atomic mass is 10.3. The molecule has 92 valence electrons. The lowest BCUT2D eigenvalue weighted by Gasteiger charge is -2.05. The SMILES string of the molecule is CNc1cccc(C(=O)Nc2ccc(Cl)cn2)n1. The van der Waals surface area contributed by atoms with Gasteiger partial charge < -0.3 is 10.6 Å². The third kappa shape index (κ3) is 2.95. The molecule has 0 radical (unpaired) electrons. The Morgan fingerprint density at radius 1 is 1.22 bits per heavy atom. The van der Waals surface area contributed by atoms with Crippen molar-refractivity contribution >= 4 is 29.1 Å². The van der Waals surface area contributed by atoms with Crippen LogP contribution in [0.25, 0.3) is 0 Å². The van der Waals surface area contributed by atoms with E-state index in [0.717, 1.165) is 0 Å². The van der Waals surface area contributed by atoms with E-state index in [1.807, 2.05) is 0 Å². The normalized spacial score (nSPS) is 9.89. The van der Waals surface area contributed by atoms with E-state index < -0.39 is 0 Å². The zero-order valence-corrected chi connectivity index (χ0v) is 10.4. The van der Waals surface area contributed by atoms with Crippen molar-refractivity contribution in [3.05, 3.63) is 47.2 Å². The van der Waals surface area contributed by atoms with Gasteiger partial charge >= 0.3 is 0 Å². The molecule has 2 aromatic heterocycles. The number of nitrogens with zero attached hydrogens (tertiary/aromatic N) is 2. The Morgan fingerprint density at radius 2 is 2.06 bits per heavy atom. The van der Waals surface area contributed by atoms with Crippen molar-refractivity contribution in [3.63, 3.8) is 0 Å². The van der Waals surface area contributed by atoms with Crippen LogP contribution in [0.3, 0.4) is 0 Å². The molecule has 0 fully saturated rings. The van der Waals surface area contributed by atoms with Crippen molar-refractivity contribution in [2.75, 3.05) is 17.7 Å². The van der Waals surface area contributed by atoms with Gasteiger partial charge in [0.05, 0.1) is 5.02 Å². The summed E-state index contributed by atoms with van der Waals surface area (Å²) < 4.78 is 0. The summed E-state index contributed by atoms with van der Waals surface area (Å²) in [5.41, 5.74) is 0.318. The molecule has 5 nitrogen and oxygen atoms in total. The quantitative estimate of drug-likeness (QED) is 0.892. The molecular weight excluding hydrogens is 252 g/mol. The van der Waals surface area contributed by atoms with Gasteiger partial charge in [0.15, 0.2) is 0 Å². The van der Waals surface area contributed by atoms with Gasteiger partial charge in [0.2, 0.25) is 0 Å². The highest BCUT2D eigenvalue weighted by Gasteiger charge is 2.08. The minimum Gasteiger partial charge on any atom is -0.373 e. The number of hydrogen-bond acceptors (Lipinski definition) is 4. The second kappa shape index (κ2) is 5.46. The molecule has 2 aromatic rings. The number of rotatable bonds is 3. The molecule has 0 saturated carbocycles. The van der Waals surface area contributed by atoms with Crippen LogP contribution in [-0.2, 0) is 0 Å². The fourth-order valence-electron chi connectivity index (χ4n) is 1.33. The predicted molar refractivity (Wildman–Crippen MR) is 71.0 cm³/mol. The number of amides is 1. The molecule has 0 spiro atoms. The fraction of sp³-hybridized carbons (Fsp3) is 0.0833. The zero-order valence-electron chi connectivity index (χ0n) is 9.64. The molecule has 1 amide bonds. The van der Waals surface area contributed by atoms with Gasteiger partial charge in [0, 0.05) is 13.2 Å². The number of halogens is 1. The number of carbonyl (C=O) groups is 1. The second-order valence-corrected chi connectivity index (χ2v) is 3.91. The second-order valence-electron chi connectivity index (χ2n) is 3.47. The van der Waals surface area contributed by atoms with E-state index >= 15 is 0 Å². The molecule has 18 heavy (non-hydrogen) atoms. The van der Waals surface area contributed by atoms with Crippen LogP contribution in [-0.4, -0.2) is 22.9 Å². The van der Waals surface area contributed by atoms with Gasteiger partial charge in [-0.2, -0.15) is 0 Å². The van der Waals surface area contributed by atoms with Crippen molar-refractivity contribution in [2.45, 2.75) is 0 Å². The first kappa shape index (κ1) is 12.3. The highest BCUT2D eigenvalue weighted by molar-refractivity contribution is 6.30. The number of anilines is 2. The van der Waals surface area contributed by atoms with E-state index in [1.165, 1.54) is 6.20 Å². The maximum absolute atomic E-state index is 11.9. The third-order valence-electron chi connectivity index (χ3n) is 2.21. The van der Waals surface area contributed by atoms with Gasteiger partial charge in [0.25, 0.3) is 5.91 Å². The average Bonchev–Trinajstić information content (AvgIpc) is 2.41. The lowest BCUT2D eigenvalue weighted by Crippen LogP contribution is -2.14. The Balaban J connectivity index is 2.14. The first-order chi connectivity index (χ1) is 8.69. The van der Waals surface area contributed by atoms with E-state index in [-0.39, 0.29) is 5.91 Å². The van der Waals surface area contributed by atoms with Crippen LogP contribution < -0.4 is 10.6 Å². The van der Waals surface area contributed by atoms with Crippen molar-refractivity contribution in [2.24, 2.45) is 0 Å².